The molecule has 0 bridgehead atoms. The second kappa shape index (κ2) is 5.54. The Hall–Kier alpha value is -2.03. The number of nitrogens with two attached hydrogens (primary N) is 1. The molecule has 0 saturated carbocycles. The maximum atomic E-state index is 13.7. The first-order chi connectivity index (χ1) is 8.70. The molecule has 0 unspecified atom stereocenters. The molecule has 2 aromatic carbocycles. The van der Waals surface area contributed by atoms with Gasteiger partial charge in [-0.2, -0.15) is 0 Å². The van der Waals surface area contributed by atoms with Crippen molar-refractivity contribution in [2.45, 2.75) is 13.3 Å². The van der Waals surface area contributed by atoms with E-state index in [9.17, 15) is 4.39 Å². The van der Waals surface area contributed by atoms with Crippen molar-refractivity contribution < 1.29 is 9.13 Å². The number of nitrogen functional groups attached to an aromatic ring is 1. The zero-order valence-corrected chi connectivity index (χ0v) is 10.3. The lowest BCUT2D eigenvalue weighted by Gasteiger charge is -2.07. The molecule has 0 atom stereocenters. The van der Waals surface area contributed by atoms with Crippen LogP contribution < -0.4 is 10.5 Å². The van der Waals surface area contributed by atoms with Crippen LogP contribution in [0.4, 0.5) is 10.1 Å². The highest BCUT2D eigenvalue weighted by Gasteiger charge is 2.05. The summed E-state index contributed by atoms with van der Waals surface area (Å²) in [4.78, 5) is 0. The van der Waals surface area contributed by atoms with E-state index >= 15 is 0 Å². The van der Waals surface area contributed by atoms with Gasteiger partial charge < -0.3 is 10.5 Å². The topological polar surface area (TPSA) is 35.2 Å². The Labute approximate surface area is 106 Å². The number of anilines is 1. The van der Waals surface area contributed by atoms with E-state index in [1.165, 1.54) is 6.07 Å². The molecule has 0 amide bonds. The van der Waals surface area contributed by atoms with Gasteiger partial charge in [-0.3, -0.25) is 0 Å². The normalized spacial score (nSPS) is 10.3. The standard InChI is InChI=1S/C15H16FNO/c1-2-9-18-13-6-3-11(4-7-13)14-8-5-12(17)10-15(14)16/h3-8,10H,2,9,17H2,1H3. The van der Waals surface area contributed by atoms with E-state index in [1.807, 2.05) is 24.3 Å². The highest BCUT2D eigenvalue weighted by atomic mass is 19.1. The van der Waals surface area contributed by atoms with Crippen LogP contribution in [0, 0.1) is 5.82 Å². The van der Waals surface area contributed by atoms with E-state index < -0.39 is 0 Å². The molecular formula is C15H16FNO. The van der Waals surface area contributed by atoms with Gasteiger partial charge >= 0.3 is 0 Å². The smallest absolute Gasteiger partial charge is 0.133 e. The van der Waals surface area contributed by atoms with Gasteiger partial charge in [-0.1, -0.05) is 19.1 Å². The van der Waals surface area contributed by atoms with Gasteiger partial charge in [0.2, 0.25) is 0 Å². The van der Waals surface area contributed by atoms with Crippen molar-refractivity contribution >= 4 is 5.69 Å². The summed E-state index contributed by atoms with van der Waals surface area (Å²) in [5, 5.41) is 0. The molecule has 2 aromatic rings. The van der Waals surface area contributed by atoms with Crippen molar-refractivity contribution in [2.24, 2.45) is 0 Å². The molecular weight excluding hydrogens is 229 g/mol. The summed E-state index contributed by atoms with van der Waals surface area (Å²) in [6.45, 7) is 2.74. The van der Waals surface area contributed by atoms with Crippen molar-refractivity contribution in [1.82, 2.24) is 0 Å². The molecule has 0 aliphatic carbocycles. The molecule has 2 N–H and O–H groups in total. The zero-order valence-electron chi connectivity index (χ0n) is 10.3. The average molecular weight is 245 g/mol. The molecule has 94 valence electrons. The first-order valence-electron chi connectivity index (χ1n) is 5.99. The fraction of sp³-hybridized carbons (Fsp3) is 0.200. The molecule has 2 nitrogen and oxygen atoms in total. The van der Waals surface area contributed by atoms with Crippen LogP contribution in [0.1, 0.15) is 13.3 Å². The van der Waals surface area contributed by atoms with Gasteiger partial charge in [0.25, 0.3) is 0 Å². The molecule has 18 heavy (non-hydrogen) atoms. The second-order valence-corrected chi connectivity index (χ2v) is 4.11. The number of rotatable bonds is 4. The molecule has 2 rings (SSSR count). The summed E-state index contributed by atoms with van der Waals surface area (Å²) in [6.07, 6.45) is 0.967. The Bertz CT molecular complexity index is 523. The molecule has 0 aliphatic rings. The number of hydrogen-bond donors (Lipinski definition) is 1. The van der Waals surface area contributed by atoms with Crippen LogP contribution in [0.15, 0.2) is 42.5 Å². The summed E-state index contributed by atoms with van der Waals surface area (Å²) < 4.78 is 19.2. The number of ether oxygens (including phenoxy) is 1. The van der Waals surface area contributed by atoms with Crippen molar-refractivity contribution in [3.8, 4) is 16.9 Å². The SMILES string of the molecule is CCCOc1ccc(-c2ccc(N)cc2F)cc1. The molecule has 0 aliphatic heterocycles. The second-order valence-electron chi connectivity index (χ2n) is 4.11. The Morgan fingerprint density at radius 1 is 1.11 bits per heavy atom. The maximum absolute atomic E-state index is 13.7. The summed E-state index contributed by atoms with van der Waals surface area (Å²) in [5.74, 6) is 0.494. The van der Waals surface area contributed by atoms with Crippen molar-refractivity contribution in [3.63, 3.8) is 0 Å². The van der Waals surface area contributed by atoms with Gasteiger partial charge in [-0.05, 0) is 42.3 Å². The maximum Gasteiger partial charge on any atom is 0.133 e. The summed E-state index contributed by atoms with van der Waals surface area (Å²) in [7, 11) is 0. The van der Waals surface area contributed by atoms with Gasteiger partial charge in [0.1, 0.15) is 11.6 Å². The molecule has 0 spiro atoms. The first kappa shape index (κ1) is 12.4. The lowest BCUT2D eigenvalue weighted by Crippen LogP contribution is -1.94. The highest BCUT2D eigenvalue weighted by molar-refractivity contribution is 5.66. The van der Waals surface area contributed by atoms with Crippen molar-refractivity contribution in [2.75, 3.05) is 12.3 Å². The molecule has 0 fully saturated rings. The van der Waals surface area contributed by atoms with Gasteiger partial charge in [-0.25, -0.2) is 4.39 Å². The first-order valence-corrected chi connectivity index (χ1v) is 5.99. The third-order valence-corrected chi connectivity index (χ3v) is 2.63. The predicted molar refractivity (Wildman–Crippen MR) is 72.0 cm³/mol. The van der Waals surface area contributed by atoms with Crippen LogP contribution in [0.5, 0.6) is 5.75 Å². The van der Waals surface area contributed by atoms with E-state index in [0.717, 1.165) is 17.7 Å². The largest absolute Gasteiger partial charge is 0.494 e. The van der Waals surface area contributed by atoms with Crippen LogP contribution in [-0.4, -0.2) is 6.61 Å². The van der Waals surface area contributed by atoms with Crippen LogP contribution in [0.2, 0.25) is 0 Å². The van der Waals surface area contributed by atoms with Gasteiger partial charge in [0.15, 0.2) is 0 Å². The number of benzene rings is 2. The summed E-state index contributed by atoms with van der Waals surface area (Å²) in [6, 6.07) is 12.1. The Kier molecular flexibility index (Phi) is 3.82. The predicted octanol–water partition coefficient (Wildman–Crippen LogP) is 3.86. The Morgan fingerprint density at radius 3 is 2.44 bits per heavy atom. The van der Waals surface area contributed by atoms with Crippen LogP contribution in [0.25, 0.3) is 11.1 Å². The van der Waals surface area contributed by atoms with Crippen molar-refractivity contribution in [3.05, 3.63) is 48.3 Å². The van der Waals surface area contributed by atoms with E-state index in [2.05, 4.69) is 6.92 Å². The minimum absolute atomic E-state index is 0.308. The summed E-state index contributed by atoms with van der Waals surface area (Å²) >= 11 is 0. The van der Waals surface area contributed by atoms with Gasteiger partial charge in [-0.15, -0.1) is 0 Å². The van der Waals surface area contributed by atoms with Crippen LogP contribution in [-0.2, 0) is 0 Å². The molecule has 0 aromatic heterocycles. The monoisotopic (exact) mass is 245 g/mol. The number of halogens is 1. The van der Waals surface area contributed by atoms with E-state index in [-0.39, 0.29) is 5.82 Å². The molecule has 0 heterocycles. The van der Waals surface area contributed by atoms with Crippen molar-refractivity contribution in [1.29, 1.82) is 0 Å². The minimum Gasteiger partial charge on any atom is -0.494 e. The van der Waals surface area contributed by atoms with Gasteiger partial charge in [0.05, 0.1) is 6.61 Å². The minimum atomic E-state index is -0.308. The average Bonchev–Trinajstić information content (AvgIpc) is 2.37. The lowest BCUT2D eigenvalue weighted by atomic mass is 10.0. The zero-order chi connectivity index (χ0) is 13.0. The molecule has 0 radical (unpaired) electrons. The third-order valence-electron chi connectivity index (χ3n) is 2.63. The van der Waals surface area contributed by atoms with E-state index in [4.69, 9.17) is 10.5 Å². The number of hydrogen-bond acceptors (Lipinski definition) is 2. The Morgan fingerprint density at radius 2 is 1.83 bits per heavy atom. The van der Waals surface area contributed by atoms with Gasteiger partial charge in [0, 0.05) is 11.3 Å². The fourth-order valence-corrected chi connectivity index (χ4v) is 1.72. The molecule has 0 saturated heterocycles. The van der Waals surface area contributed by atoms with Crippen LogP contribution >= 0.6 is 0 Å². The quantitative estimate of drug-likeness (QED) is 0.830. The third kappa shape index (κ3) is 2.80. The molecule has 3 heteroatoms. The van der Waals surface area contributed by atoms with Crippen LogP contribution in [0.3, 0.4) is 0 Å². The highest BCUT2D eigenvalue weighted by Crippen LogP contribution is 2.26. The Balaban J connectivity index is 2.23. The summed E-state index contributed by atoms with van der Waals surface area (Å²) in [5.41, 5.74) is 7.32. The fourth-order valence-electron chi connectivity index (χ4n) is 1.72. The lowest BCUT2D eigenvalue weighted by molar-refractivity contribution is 0.317. The van der Waals surface area contributed by atoms with E-state index in [1.54, 1.807) is 12.1 Å². The van der Waals surface area contributed by atoms with E-state index in [0.29, 0.717) is 17.9 Å².